The van der Waals surface area contributed by atoms with Crippen molar-refractivity contribution in [3.63, 3.8) is 0 Å². The van der Waals surface area contributed by atoms with E-state index in [9.17, 15) is 0 Å². The SMILES string of the molecule is Cc1ccc([C@H]2CC3CC[C@H]([C@@H]2COc2cccc(Cl)c2)N3C)cc1. The van der Waals surface area contributed by atoms with Crippen molar-refractivity contribution in [1.29, 1.82) is 0 Å². The van der Waals surface area contributed by atoms with E-state index < -0.39 is 0 Å². The topological polar surface area (TPSA) is 12.5 Å². The molecule has 3 heteroatoms. The van der Waals surface area contributed by atoms with E-state index >= 15 is 0 Å². The third-order valence-corrected chi connectivity index (χ3v) is 6.41. The molecule has 2 bridgehead atoms. The zero-order valence-corrected chi connectivity index (χ0v) is 15.7. The molecular formula is C22H26ClNO. The van der Waals surface area contributed by atoms with Gasteiger partial charge in [0.15, 0.2) is 0 Å². The molecule has 0 saturated carbocycles. The van der Waals surface area contributed by atoms with E-state index in [0.29, 0.717) is 17.9 Å². The Morgan fingerprint density at radius 1 is 1.12 bits per heavy atom. The van der Waals surface area contributed by atoms with Crippen LogP contribution in [0.1, 0.15) is 36.3 Å². The third kappa shape index (κ3) is 3.43. The van der Waals surface area contributed by atoms with Crippen molar-refractivity contribution in [3.05, 3.63) is 64.7 Å². The summed E-state index contributed by atoms with van der Waals surface area (Å²) in [5.74, 6) is 1.97. The number of nitrogens with zero attached hydrogens (tertiary/aromatic N) is 1. The molecule has 0 aliphatic carbocycles. The minimum Gasteiger partial charge on any atom is -0.493 e. The molecule has 0 N–H and O–H groups in total. The first kappa shape index (κ1) is 16.9. The van der Waals surface area contributed by atoms with Crippen molar-refractivity contribution < 1.29 is 4.74 Å². The van der Waals surface area contributed by atoms with Crippen LogP contribution in [0.25, 0.3) is 0 Å². The highest BCUT2D eigenvalue weighted by atomic mass is 35.5. The van der Waals surface area contributed by atoms with Gasteiger partial charge in [0, 0.05) is 23.0 Å². The molecule has 2 fully saturated rings. The highest BCUT2D eigenvalue weighted by Gasteiger charge is 2.46. The predicted molar refractivity (Wildman–Crippen MR) is 104 cm³/mol. The number of fused-ring (bicyclic) bond motifs is 2. The third-order valence-electron chi connectivity index (χ3n) is 6.18. The predicted octanol–water partition coefficient (Wildman–Crippen LogP) is 5.29. The maximum absolute atomic E-state index is 6.19. The number of halogens is 1. The lowest BCUT2D eigenvalue weighted by molar-refractivity contribution is 0.0666. The van der Waals surface area contributed by atoms with E-state index in [-0.39, 0.29) is 0 Å². The lowest BCUT2D eigenvalue weighted by Crippen LogP contribution is -2.47. The summed E-state index contributed by atoms with van der Waals surface area (Å²) in [4.78, 5) is 2.59. The summed E-state index contributed by atoms with van der Waals surface area (Å²) in [7, 11) is 2.29. The fourth-order valence-electron chi connectivity index (χ4n) is 4.75. The van der Waals surface area contributed by atoms with Crippen LogP contribution in [0, 0.1) is 12.8 Å². The summed E-state index contributed by atoms with van der Waals surface area (Å²) in [6.45, 7) is 2.91. The molecule has 0 spiro atoms. The molecule has 0 aromatic heterocycles. The number of aryl methyl sites for hydroxylation is 1. The molecule has 2 heterocycles. The van der Waals surface area contributed by atoms with Gasteiger partial charge in [-0.2, -0.15) is 0 Å². The average Bonchev–Trinajstić information content (AvgIpc) is 2.85. The Morgan fingerprint density at radius 3 is 2.68 bits per heavy atom. The van der Waals surface area contributed by atoms with Gasteiger partial charge in [0.25, 0.3) is 0 Å². The Labute approximate surface area is 155 Å². The zero-order chi connectivity index (χ0) is 17.4. The lowest BCUT2D eigenvalue weighted by Gasteiger charge is -2.43. The van der Waals surface area contributed by atoms with Crippen LogP contribution in [0.5, 0.6) is 5.75 Å². The molecule has 2 aliphatic heterocycles. The van der Waals surface area contributed by atoms with Crippen LogP contribution < -0.4 is 4.74 Å². The second-order valence-corrected chi connectivity index (χ2v) is 8.09. The summed E-state index contributed by atoms with van der Waals surface area (Å²) >= 11 is 6.10. The molecule has 4 atom stereocenters. The first-order valence-electron chi connectivity index (χ1n) is 9.28. The van der Waals surface area contributed by atoms with Gasteiger partial charge >= 0.3 is 0 Å². The smallest absolute Gasteiger partial charge is 0.120 e. The Bertz CT molecular complexity index is 729. The number of rotatable bonds is 4. The molecule has 0 radical (unpaired) electrons. The lowest BCUT2D eigenvalue weighted by atomic mass is 9.76. The maximum Gasteiger partial charge on any atom is 0.120 e. The summed E-state index contributed by atoms with van der Waals surface area (Å²) in [5.41, 5.74) is 2.79. The van der Waals surface area contributed by atoms with Gasteiger partial charge in [-0.15, -0.1) is 0 Å². The molecule has 0 amide bonds. The maximum atomic E-state index is 6.19. The van der Waals surface area contributed by atoms with Gasteiger partial charge < -0.3 is 9.64 Å². The van der Waals surface area contributed by atoms with Gasteiger partial charge in [0.05, 0.1) is 6.61 Å². The molecule has 4 rings (SSSR count). The monoisotopic (exact) mass is 355 g/mol. The number of hydrogen-bond donors (Lipinski definition) is 0. The van der Waals surface area contributed by atoms with Crippen LogP contribution in [-0.2, 0) is 0 Å². The molecule has 1 unspecified atom stereocenters. The average molecular weight is 356 g/mol. The molecule has 2 saturated heterocycles. The van der Waals surface area contributed by atoms with Crippen molar-refractivity contribution in [3.8, 4) is 5.75 Å². The number of hydrogen-bond acceptors (Lipinski definition) is 2. The van der Waals surface area contributed by atoms with Crippen molar-refractivity contribution >= 4 is 11.6 Å². The minimum atomic E-state index is 0.519. The van der Waals surface area contributed by atoms with Gasteiger partial charge in [-0.1, -0.05) is 47.5 Å². The first-order chi connectivity index (χ1) is 12.1. The van der Waals surface area contributed by atoms with Crippen LogP contribution in [0.3, 0.4) is 0 Å². The fraction of sp³-hybridized carbons (Fsp3) is 0.455. The quantitative estimate of drug-likeness (QED) is 0.738. The molecule has 132 valence electrons. The van der Waals surface area contributed by atoms with Gasteiger partial charge in [0.1, 0.15) is 5.75 Å². The Kier molecular flexibility index (Phi) is 4.75. The Morgan fingerprint density at radius 2 is 1.92 bits per heavy atom. The van der Waals surface area contributed by atoms with Crippen molar-refractivity contribution in [2.45, 2.75) is 44.2 Å². The van der Waals surface area contributed by atoms with Crippen molar-refractivity contribution in [1.82, 2.24) is 4.90 Å². The first-order valence-corrected chi connectivity index (χ1v) is 9.66. The normalized spacial score (nSPS) is 28.9. The van der Waals surface area contributed by atoms with E-state index in [0.717, 1.165) is 23.4 Å². The summed E-state index contributed by atoms with van der Waals surface area (Å²) in [6.07, 6.45) is 3.84. The van der Waals surface area contributed by atoms with Crippen LogP contribution >= 0.6 is 11.6 Å². The van der Waals surface area contributed by atoms with Crippen LogP contribution in [-0.4, -0.2) is 30.6 Å². The summed E-state index contributed by atoms with van der Waals surface area (Å²) in [6, 6.07) is 18.2. The van der Waals surface area contributed by atoms with Crippen LogP contribution in [0.15, 0.2) is 48.5 Å². The Hall–Kier alpha value is -1.51. The van der Waals surface area contributed by atoms with E-state index in [1.54, 1.807) is 0 Å². The highest BCUT2D eigenvalue weighted by molar-refractivity contribution is 6.30. The van der Waals surface area contributed by atoms with Crippen molar-refractivity contribution in [2.24, 2.45) is 5.92 Å². The number of benzene rings is 2. The van der Waals surface area contributed by atoms with Gasteiger partial charge in [-0.05, 0) is 62.9 Å². The van der Waals surface area contributed by atoms with Gasteiger partial charge in [0.2, 0.25) is 0 Å². The standard InChI is InChI=1S/C22H26ClNO/c1-15-6-8-16(9-7-15)20-13-18-10-11-22(24(18)2)21(20)14-25-19-5-3-4-17(23)12-19/h3-9,12,18,20-22H,10-11,13-14H2,1-2H3/t18?,20-,21-,22-/m1/s1. The van der Waals surface area contributed by atoms with Gasteiger partial charge in [-0.25, -0.2) is 0 Å². The van der Waals surface area contributed by atoms with E-state index in [1.807, 2.05) is 24.3 Å². The zero-order valence-electron chi connectivity index (χ0n) is 15.0. The Balaban J connectivity index is 1.57. The molecular weight excluding hydrogens is 330 g/mol. The fourth-order valence-corrected chi connectivity index (χ4v) is 4.93. The van der Waals surface area contributed by atoms with Crippen LogP contribution in [0.2, 0.25) is 5.02 Å². The van der Waals surface area contributed by atoms with E-state index in [2.05, 4.69) is 43.1 Å². The molecule has 2 aromatic carbocycles. The van der Waals surface area contributed by atoms with E-state index in [1.165, 1.54) is 30.4 Å². The molecule has 2 nitrogen and oxygen atoms in total. The highest BCUT2D eigenvalue weighted by Crippen LogP contribution is 2.46. The largest absolute Gasteiger partial charge is 0.493 e. The second kappa shape index (κ2) is 7.01. The summed E-state index contributed by atoms with van der Waals surface area (Å²) < 4.78 is 6.19. The van der Waals surface area contributed by atoms with Gasteiger partial charge in [-0.3, -0.25) is 0 Å². The molecule has 2 aromatic rings. The number of ether oxygens (including phenoxy) is 1. The second-order valence-electron chi connectivity index (χ2n) is 7.65. The summed E-state index contributed by atoms with van der Waals surface area (Å²) in [5, 5.41) is 0.731. The molecule has 25 heavy (non-hydrogen) atoms. The minimum absolute atomic E-state index is 0.519. The van der Waals surface area contributed by atoms with Crippen LogP contribution in [0.4, 0.5) is 0 Å². The van der Waals surface area contributed by atoms with Crippen molar-refractivity contribution in [2.75, 3.05) is 13.7 Å². The van der Waals surface area contributed by atoms with E-state index in [4.69, 9.17) is 16.3 Å². The number of piperidine rings is 1. The molecule has 2 aliphatic rings.